The molecule has 0 radical (unpaired) electrons. The van der Waals surface area contributed by atoms with Gasteiger partial charge in [-0.15, -0.1) is 11.8 Å². The largest absolute Gasteiger partial charge is 0.368 e. The Balaban J connectivity index is 2.68. The van der Waals surface area contributed by atoms with Crippen LogP contribution in [0.3, 0.4) is 0 Å². The number of benzene rings is 1. The third-order valence-corrected chi connectivity index (χ3v) is 4.53. The van der Waals surface area contributed by atoms with Crippen LogP contribution in [-0.4, -0.2) is 23.2 Å². The van der Waals surface area contributed by atoms with E-state index in [-0.39, 0.29) is 5.91 Å². The molecule has 2 atom stereocenters. The molecule has 5 heteroatoms. The molecule has 0 aliphatic heterocycles. The first-order valence-corrected chi connectivity index (χ1v) is 8.02. The third-order valence-electron chi connectivity index (χ3n) is 2.94. The van der Waals surface area contributed by atoms with Gasteiger partial charge in [0.15, 0.2) is 0 Å². The highest BCUT2D eigenvalue weighted by atomic mass is 79.9. The van der Waals surface area contributed by atoms with E-state index in [2.05, 4.69) is 40.3 Å². The lowest BCUT2D eigenvalue weighted by Gasteiger charge is -2.29. The minimum absolute atomic E-state index is 0.295. The number of nitrogens with one attached hydrogen (secondary N) is 1. The Bertz CT molecular complexity index is 441. The molecule has 106 valence electrons. The van der Waals surface area contributed by atoms with Crippen LogP contribution < -0.4 is 11.1 Å². The minimum atomic E-state index is -0.646. The molecule has 0 aliphatic carbocycles. The van der Waals surface area contributed by atoms with Crippen molar-refractivity contribution < 1.29 is 4.79 Å². The molecule has 19 heavy (non-hydrogen) atoms. The summed E-state index contributed by atoms with van der Waals surface area (Å²) in [5.74, 6) is -0.295. The summed E-state index contributed by atoms with van der Waals surface area (Å²) in [4.78, 5) is 12.8. The highest BCUT2D eigenvalue weighted by Gasteiger charge is 2.31. The van der Waals surface area contributed by atoms with E-state index >= 15 is 0 Å². The standard InChI is InChI=1S/C14H21BrN2OS/c1-4-17-14(3,13(16)18)9-10(2)19-12-7-5-6-11(15)8-12/h5-8,10,17H,4,9H2,1-3H3,(H2,16,18). The fraction of sp³-hybridized carbons (Fsp3) is 0.500. The summed E-state index contributed by atoms with van der Waals surface area (Å²) in [5, 5.41) is 3.49. The average Bonchev–Trinajstić information content (AvgIpc) is 2.28. The number of carbonyl (C=O) groups excluding carboxylic acids is 1. The van der Waals surface area contributed by atoms with Crippen LogP contribution in [-0.2, 0) is 4.79 Å². The second kappa shape index (κ2) is 7.31. The van der Waals surface area contributed by atoms with Gasteiger partial charge in [-0.05, 0) is 38.1 Å². The van der Waals surface area contributed by atoms with Gasteiger partial charge in [0, 0.05) is 14.6 Å². The summed E-state index contributed by atoms with van der Waals surface area (Å²) in [6.45, 7) is 6.70. The molecule has 3 nitrogen and oxygen atoms in total. The molecule has 0 saturated carbocycles. The quantitative estimate of drug-likeness (QED) is 0.747. The molecule has 0 heterocycles. The van der Waals surface area contributed by atoms with Crippen molar-refractivity contribution >= 4 is 33.6 Å². The van der Waals surface area contributed by atoms with Gasteiger partial charge >= 0.3 is 0 Å². The molecule has 2 unspecified atom stereocenters. The van der Waals surface area contributed by atoms with Crippen molar-refractivity contribution in [2.45, 2.75) is 42.9 Å². The van der Waals surface area contributed by atoms with Gasteiger partial charge in [-0.25, -0.2) is 0 Å². The summed E-state index contributed by atoms with van der Waals surface area (Å²) >= 11 is 5.21. The number of nitrogens with two attached hydrogens (primary N) is 1. The van der Waals surface area contributed by atoms with Crippen molar-refractivity contribution in [3.8, 4) is 0 Å². The maximum absolute atomic E-state index is 11.6. The monoisotopic (exact) mass is 344 g/mol. The normalized spacial score (nSPS) is 15.8. The minimum Gasteiger partial charge on any atom is -0.368 e. The van der Waals surface area contributed by atoms with Crippen molar-refractivity contribution in [1.82, 2.24) is 5.32 Å². The number of thioether (sulfide) groups is 1. The van der Waals surface area contributed by atoms with Crippen molar-refractivity contribution in [3.63, 3.8) is 0 Å². The Hall–Kier alpha value is -0.520. The highest BCUT2D eigenvalue weighted by Crippen LogP contribution is 2.30. The Morgan fingerprint density at radius 1 is 1.58 bits per heavy atom. The molecule has 0 aliphatic rings. The zero-order valence-corrected chi connectivity index (χ0v) is 14.0. The second-order valence-electron chi connectivity index (χ2n) is 4.82. The average molecular weight is 345 g/mol. The van der Waals surface area contributed by atoms with E-state index in [4.69, 9.17) is 5.73 Å². The molecular weight excluding hydrogens is 324 g/mol. The van der Waals surface area contributed by atoms with E-state index in [1.165, 1.54) is 4.90 Å². The van der Waals surface area contributed by atoms with Crippen LogP contribution in [0.5, 0.6) is 0 Å². The van der Waals surface area contributed by atoms with Crippen molar-refractivity contribution in [1.29, 1.82) is 0 Å². The van der Waals surface area contributed by atoms with Crippen molar-refractivity contribution in [2.75, 3.05) is 6.54 Å². The summed E-state index contributed by atoms with van der Waals surface area (Å²) < 4.78 is 1.06. The topological polar surface area (TPSA) is 55.1 Å². The van der Waals surface area contributed by atoms with Crippen LogP contribution in [0.1, 0.15) is 27.2 Å². The first-order chi connectivity index (χ1) is 8.87. The van der Waals surface area contributed by atoms with Crippen LogP contribution in [0.15, 0.2) is 33.6 Å². The number of hydrogen-bond acceptors (Lipinski definition) is 3. The Morgan fingerprint density at radius 2 is 2.26 bits per heavy atom. The predicted molar refractivity (Wildman–Crippen MR) is 85.4 cm³/mol. The van der Waals surface area contributed by atoms with Gasteiger partial charge < -0.3 is 11.1 Å². The Kier molecular flexibility index (Phi) is 6.36. The molecule has 3 N–H and O–H groups in total. The molecule has 1 amide bonds. The second-order valence-corrected chi connectivity index (χ2v) is 7.24. The number of hydrogen-bond donors (Lipinski definition) is 2. The van der Waals surface area contributed by atoms with Crippen LogP contribution in [0.4, 0.5) is 0 Å². The molecule has 0 saturated heterocycles. The van der Waals surface area contributed by atoms with E-state index in [1.807, 2.05) is 26.0 Å². The summed E-state index contributed by atoms with van der Waals surface area (Å²) in [6, 6.07) is 8.16. The van der Waals surface area contributed by atoms with Gasteiger partial charge in [0.05, 0.1) is 5.54 Å². The van der Waals surface area contributed by atoms with Crippen molar-refractivity contribution in [2.24, 2.45) is 5.73 Å². The van der Waals surface area contributed by atoms with Crippen LogP contribution in [0.2, 0.25) is 0 Å². The van der Waals surface area contributed by atoms with E-state index < -0.39 is 5.54 Å². The number of rotatable bonds is 7. The lowest BCUT2D eigenvalue weighted by molar-refractivity contribution is -0.124. The Morgan fingerprint density at radius 3 is 2.79 bits per heavy atom. The van der Waals surface area contributed by atoms with Gasteiger partial charge in [-0.3, -0.25) is 4.79 Å². The zero-order chi connectivity index (χ0) is 14.5. The summed E-state index contributed by atoms with van der Waals surface area (Å²) in [6.07, 6.45) is 0.702. The highest BCUT2D eigenvalue weighted by molar-refractivity contribution is 9.10. The van der Waals surface area contributed by atoms with E-state index in [9.17, 15) is 4.79 Å². The smallest absolute Gasteiger partial charge is 0.237 e. The SMILES string of the molecule is CCNC(C)(CC(C)Sc1cccc(Br)c1)C(N)=O. The molecule has 0 fully saturated rings. The fourth-order valence-corrected chi connectivity index (χ4v) is 3.82. The Labute approximate surface area is 127 Å². The van der Waals surface area contributed by atoms with E-state index in [0.29, 0.717) is 11.7 Å². The third kappa shape index (κ3) is 5.16. The maximum Gasteiger partial charge on any atom is 0.237 e. The van der Waals surface area contributed by atoms with Gasteiger partial charge in [-0.2, -0.15) is 0 Å². The predicted octanol–water partition coefficient (Wildman–Crippen LogP) is 3.17. The lowest BCUT2D eigenvalue weighted by atomic mass is 9.95. The number of likely N-dealkylation sites (N-methyl/N-ethyl adjacent to an activating group) is 1. The molecule has 1 aromatic rings. The number of primary amides is 1. The number of carbonyl (C=O) groups is 1. The van der Waals surface area contributed by atoms with Crippen molar-refractivity contribution in [3.05, 3.63) is 28.7 Å². The molecule has 1 aromatic carbocycles. The van der Waals surface area contributed by atoms with Crippen LogP contribution >= 0.6 is 27.7 Å². The molecule has 0 bridgehead atoms. The van der Waals surface area contributed by atoms with Gasteiger partial charge in [0.2, 0.25) is 5.91 Å². The van der Waals surface area contributed by atoms with Crippen LogP contribution in [0.25, 0.3) is 0 Å². The summed E-state index contributed by atoms with van der Waals surface area (Å²) in [5.41, 5.74) is 4.86. The van der Waals surface area contributed by atoms with E-state index in [1.54, 1.807) is 11.8 Å². The zero-order valence-electron chi connectivity index (χ0n) is 11.6. The number of amides is 1. The molecular formula is C14H21BrN2OS. The molecule has 0 spiro atoms. The first-order valence-electron chi connectivity index (χ1n) is 6.34. The maximum atomic E-state index is 11.6. The summed E-state index contributed by atoms with van der Waals surface area (Å²) in [7, 11) is 0. The van der Waals surface area contributed by atoms with Gasteiger partial charge in [0.1, 0.15) is 0 Å². The number of halogens is 1. The van der Waals surface area contributed by atoms with Crippen LogP contribution in [0, 0.1) is 0 Å². The lowest BCUT2D eigenvalue weighted by Crippen LogP contribution is -2.54. The first kappa shape index (κ1) is 16.5. The fourth-order valence-electron chi connectivity index (χ4n) is 2.04. The molecule has 1 rings (SSSR count). The van der Waals surface area contributed by atoms with Gasteiger partial charge in [-0.1, -0.05) is 35.8 Å². The molecule has 0 aromatic heterocycles. The van der Waals surface area contributed by atoms with Gasteiger partial charge in [0.25, 0.3) is 0 Å². The van der Waals surface area contributed by atoms with E-state index in [0.717, 1.165) is 11.0 Å².